The number of carbonyl (C=O) groups excluding carboxylic acids is 1. The van der Waals surface area contributed by atoms with Gasteiger partial charge < -0.3 is 20.8 Å². The van der Waals surface area contributed by atoms with E-state index in [1.807, 2.05) is 39.2 Å². The van der Waals surface area contributed by atoms with E-state index in [4.69, 9.17) is 10.5 Å². The molecule has 0 aromatic carbocycles. The predicted molar refractivity (Wildman–Crippen MR) is 73.4 cm³/mol. The van der Waals surface area contributed by atoms with Crippen LogP contribution in [0.1, 0.15) is 32.8 Å². The highest BCUT2D eigenvalue weighted by molar-refractivity contribution is 5.88. The first-order valence-electron chi connectivity index (χ1n) is 6.72. The Morgan fingerprint density at radius 3 is 2.89 bits per heavy atom. The molecule has 1 heterocycles. The smallest absolute Gasteiger partial charge is 0.241 e. The van der Waals surface area contributed by atoms with Gasteiger partial charge in [-0.1, -0.05) is 13.8 Å². The van der Waals surface area contributed by atoms with Crippen LogP contribution >= 0.6 is 0 Å². The Balaban J connectivity index is 1.95. The zero-order valence-corrected chi connectivity index (χ0v) is 11.8. The molecule has 5 heteroatoms. The van der Waals surface area contributed by atoms with Gasteiger partial charge in [-0.25, -0.2) is 0 Å². The molecule has 106 valence electrons. The van der Waals surface area contributed by atoms with Crippen LogP contribution in [0.3, 0.4) is 0 Å². The fourth-order valence-electron chi connectivity index (χ4n) is 2.63. The van der Waals surface area contributed by atoms with Gasteiger partial charge in [-0.05, 0) is 18.6 Å². The van der Waals surface area contributed by atoms with E-state index >= 15 is 0 Å². The fourth-order valence-corrected chi connectivity index (χ4v) is 2.63. The van der Waals surface area contributed by atoms with Crippen LogP contribution in [-0.2, 0) is 16.1 Å². The minimum Gasteiger partial charge on any atom is -0.378 e. The van der Waals surface area contributed by atoms with Crippen molar-refractivity contribution in [2.24, 2.45) is 11.1 Å². The molecule has 0 aliphatic heterocycles. The molecule has 19 heavy (non-hydrogen) atoms. The van der Waals surface area contributed by atoms with Crippen molar-refractivity contribution in [3.63, 3.8) is 0 Å². The maximum Gasteiger partial charge on any atom is 0.241 e. The average Bonchev–Trinajstić information content (AvgIpc) is 2.88. The van der Waals surface area contributed by atoms with Crippen LogP contribution in [0.4, 0.5) is 0 Å². The number of amides is 1. The zero-order valence-electron chi connectivity index (χ0n) is 11.8. The average molecular weight is 265 g/mol. The maximum absolute atomic E-state index is 12.3. The third-order valence-corrected chi connectivity index (χ3v) is 4.35. The highest BCUT2D eigenvalue weighted by atomic mass is 16.5. The van der Waals surface area contributed by atoms with Gasteiger partial charge in [-0.3, -0.25) is 4.79 Å². The number of aromatic amines is 1. The molecule has 1 fully saturated rings. The van der Waals surface area contributed by atoms with E-state index in [1.54, 1.807) is 0 Å². The lowest BCUT2D eigenvalue weighted by Crippen LogP contribution is -2.75. The van der Waals surface area contributed by atoms with E-state index in [1.165, 1.54) is 0 Å². The normalized spacial score (nSPS) is 28.7. The molecule has 0 saturated heterocycles. The van der Waals surface area contributed by atoms with E-state index in [0.29, 0.717) is 19.6 Å². The van der Waals surface area contributed by atoms with Crippen LogP contribution in [0.15, 0.2) is 18.5 Å². The molecule has 4 N–H and O–H groups in total. The van der Waals surface area contributed by atoms with Gasteiger partial charge in [0.25, 0.3) is 0 Å². The van der Waals surface area contributed by atoms with Crippen molar-refractivity contribution in [3.8, 4) is 0 Å². The summed E-state index contributed by atoms with van der Waals surface area (Å²) in [6.45, 7) is 7.09. The molecule has 0 spiro atoms. The molecule has 2 rings (SSSR count). The molecular weight excluding hydrogens is 242 g/mol. The molecule has 0 radical (unpaired) electrons. The second kappa shape index (κ2) is 4.98. The summed E-state index contributed by atoms with van der Waals surface area (Å²) in [5.41, 5.74) is 6.14. The first kappa shape index (κ1) is 14.1. The van der Waals surface area contributed by atoms with Crippen molar-refractivity contribution in [3.05, 3.63) is 24.0 Å². The monoisotopic (exact) mass is 265 g/mol. The van der Waals surface area contributed by atoms with Crippen molar-refractivity contribution in [2.45, 2.75) is 45.4 Å². The Hall–Kier alpha value is -1.33. The number of aromatic nitrogens is 1. The van der Waals surface area contributed by atoms with Crippen LogP contribution in [0, 0.1) is 5.41 Å². The number of hydrogen-bond acceptors (Lipinski definition) is 3. The van der Waals surface area contributed by atoms with Crippen LogP contribution < -0.4 is 11.1 Å². The highest BCUT2D eigenvalue weighted by Gasteiger charge is 2.62. The van der Waals surface area contributed by atoms with Crippen molar-refractivity contribution < 1.29 is 9.53 Å². The fraction of sp³-hybridized carbons (Fsp3) is 0.643. The van der Waals surface area contributed by atoms with Crippen molar-refractivity contribution >= 4 is 5.91 Å². The molecule has 1 saturated carbocycles. The van der Waals surface area contributed by atoms with Crippen molar-refractivity contribution in [2.75, 3.05) is 6.61 Å². The van der Waals surface area contributed by atoms with Gasteiger partial charge in [0.15, 0.2) is 0 Å². The second-order valence-electron chi connectivity index (χ2n) is 5.74. The second-order valence-corrected chi connectivity index (χ2v) is 5.74. The van der Waals surface area contributed by atoms with Crippen molar-refractivity contribution in [1.82, 2.24) is 10.3 Å². The molecule has 1 aliphatic carbocycles. The van der Waals surface area contributed by atoms with Gasteiger partial charge in [0.1, 0.15) is 5.54 Å². The number of nitrogens with two attached hydrogens (primary N) is 1. The summed E-state index contributed by atoms with van der Waals surface area (Å²) in [6, 6.07) is 1.93. The first-order valence-corrected chi connectivity index (χ1v) is 6.72. The predicted octanol–water partition coefficient (Wildman–Crippen LogP) is 1.16. The van der Waals surface area contributed by atoms with Gasteiger partial charge in [-0.15, -0.1) is 0 Å². The summed E-state index contributed by atoms with van der Waals surface area (Å²) < 4.78 is 5.62. The standard InChI is InChI=1S/C14H23N3O2/c1-4-19-11-7-14(15,13(11,2)3)12(18)17-9-10-5-6-16-8-10/h5-6,8,11,16H,4,7,9,15H2,1-3H3,(H,17,18). The zero-order chi connectivity index (χ0) is 14.1. The Morgan fingerprint density at radius 2 is 2.37 bits per heavy atom. The highest BCUT2D eigenvalue weighted by Crippen LogP contribution is 2.49. The number of rotatable bonds is 5. The van der Waals surface area contributed by atoms with Gasteiger partial charge in [-0.2, -0.15) is 0 Å². The molecule has 2 atom stereocenters. The van der Waals surface area contributed by atoms with E-state index in [9.17, 15) is 4.79 Å². The summed E-state index contributed by atoms with van der Waals surface area (Å²) in [5, 5.41) is 2.91. The van der Waals surface area contributed by atoms with E-state index in [2.05, 4.69) is 10.3 Å². The summed E-state index contributed by atoms with van der Waals surface area (Å²) >= 11 is 0. The topological polar surface area (TPSA) is 80.1 Å². The van der Waals surface area contributed by atoms with Crippen LogP contribution in [0.2, 0.25) is 0 Å². The molecule has 1 aliphatic rings. The molecule has 5 nitrogen and oxygen atoms in total. The third kappa shape index (κ3) is 2.28. The number of ether oxygens (including phenoxy) is 1. The first-order chi connectivity index (χ1) is 8.91. The summed E-state index contributed by atoms with van der Waals surface area (Å²) in [7, 11) is 0. The van der Waals surface area contributed by atoms with Crippen molar-refractivity contribution in [1.29, 1.82) is 0 Å². The lowest BCUT2D eigenvalue weighted by Gasteiger charge is -2.57. The maximum atomic E-state index is 12.3. The third-order valence-electron chi connectivity index (χ3n) is 4.35. The Kier molecular flexibility index (Phi) is 3.69. The van der Waals surface area contributed by atoms with Gasteiger partial charge in [0, 0.05) is 37.4 Å². The Morgan fingerprint density at radius 1 is 1.63 bits per heavy atom. The molecule has 0 bridgehead atoms. The molecule has 2 unspecified atom stereocenters. The molecule has 1 aromatic heterocycles. The summed E-state index contributed by atoms with van der Waals surface area (Å²) in [5.74, 6) is -0.102. The largest absolute Gasteiger partial charge is 0.378 e. The van der Waals surface area contributed by atoms with Gasteiger partial charge >= 0.3 is 0 Å². The minimum atomic E-state index is -0.844. The van der Waals surface area contributed by atoms with Gasteiger partial charge in [0.2, 0.25) is 5.91 Å². The molecule has 1 amide bonds. The van der Waals surface area contributed by atoms with E-state index in [0.717, 1.165) is 5.56 Å². The van der Waals surface area contributed by atoms with Gasteiger partial charge in [0.05, 0.1) is 6.10 Å². The minimum absolute atomic E-state index is 0.0560. The number of carbonyl (C=O) groups is 1. The summed E-state index contributed by atoms with van der Waals surface area (Å²) in [6.07, 6.45) is 4.32. The Bertz CT molecular complexity index is 442. The molecule has 1 aromatic rings. The van der Waals surface area contributed by atoms with Crippen LogP contribution in [0.5, 0.6) is 0 Å². The lowest BCUT2D eigenvalue weighted by atomic mass is 9.54. The SMILES string of the molecule is CCOC1CC(N)(C(=O)NCc2cc[nH]c2)C1(C)C. The van der Waals surface area contributed by atoms with E-state index in [-0.39, 0.29) is 17.4 Å². The lowest BCUT2D eigenvalue weighted by molar-refractivity contribution is -0.170. The summed E-state index contributed by atoms with van der Waals surface area (Å²) in [4.78, 5) is 15.3. The van der Waals surface area contributed by atoms with Crippen LogP contribution in [-0.4, -0.2) is 29.1 Å². The van der Waals surface area contributed by atoms with Crippen LogP contribution in [0.25, 0.3) is 0 Å². The number of nitrogens with one attached hydrogen (secondary N) is 2. The van der Waals surface area contributed by atoms with E-state index < -0.39 is 5.54 Å². The number of hydrogen-bond donors (Lipinski definition) is 3. The number of H-pyrrole nitrogens is 1. The molecular formula is C14H23N3O2. The quantitative estimate of drug-likeness (QED) is 0.747. The Labute approximate surface area is 113 Å².